The molecule has 0 bridgehead atoms. The number of fused-ring (bicyclic) bond motifs is 1. The average molecular weight is 199 g/mol. The van der Waals surface area contributed by atoms with Gasteiger partial charge < -0.3 is 0 Å². The molecule has 0 atom stereocenters. The number of hydrogen-bond donors (Lipinski definition) is 3. The van der Waals surface area contributed by atoms with Crippen molar-refractivity contribution in [3.05, 3.63) is 34.7 Å². The fourth-order valence-corrected chi connectivity index (χ4v) is 1.15. The van der Waals surface area contributed by atoms with Crippen molar-refractivity contribution < 1.29 is 0 Å². The van der Waals surface area contributed by atoms with E-state index in [9.17, 15) is 0 Å². The molecule has 0 radical (unpaired) electrons. The molecule has 4 nitrogen and oxygen atoms in total. The van der Waals surface area contributed by atoms with E-state index in [4.69, 9.17) is 5.84 Å². The molecule has 0 fully saturated rings. The minimum Gasteiger partial charge on any atom is -0.290 e. The van der Waals surface area contributed by atoms with Gasteiger partial charge in [0.1, 0.15) is 0 Å². The monoisotopic (exact) mass is 198 g/mol. The third kappa shape index (κ3) is 1.92. The highest BCUT2D eigenvalue weighted by Gasteiger charge is 1.96. The van der Waals surface area contributed by atoms with Gasteiger partial charge in [-0.2, -0.15) is 5.53 Å². The largest absolute Gasteiger partial charge is 0.290 e. The first-order valence-electron chi connectivity index (χ1n) is 3.69. The standard InChI is InChI=1S/C8H10N4.ClH/c9-11-12-6-8-4-2-1-3-7(8)5-10-12;/h1-6,10-11H,9H2;1H. The van der Waals surface area contributed by atoms with Gasteiger partial charge in [0.15, 0.2) is 0 Å². The van der Waals surface area contributed by atoms with E-state index in [1.165, 1.54) is 0 Å². The highest BCUT2D eigenvalue weighted by Crippen LogP contribution is 1.80. The number of nitrogens with one attached hydrogen (secondary N) is 2. The number of halogens is 1. The second-order valence-corrected chi connectivity index (χ2v) is 2.53. The molecule has 0 saturated heterocycles. The van der Waals surface area contributed by atoms with Crippen LogP contribution in [0.25, 0.3) is 12.4 Å². The van der Waals surface area contributed by atoms with E-state index in [0.717, 1.165) is 10.4 Å². The second kappa shape index (κ2) is 4.13. The van der Waals surface area contributed by atoms with Gasteiger partial charge in [-0.25, -0.2) is 5.12 Å². The molecule has 70 valence electrons. The Morgan fingerprint density at radius 1 is 1.23 bits per heavy atom. The predicted molar refractivity (Wildman–Crippen MR) is 54.2 cm³/mol. The van der Waals surface area contributed by atoms with Gasteiger partial charge in [-0.15, -0.1) is 12.4 Å². The number of nitrogens with zero attached hydrogens (tertiary/aromatic N) is 1. The maximum atomic E-state index is 5.22. The quantitative estimate of drug-likeness (QED) is 0.391. The first-order chi connectivity index (χ1) is 5.90. The molecule has 0 saturated carbocycles. The van der Waals surface area contributed by atoms with Crippen LogP contribution < -0.4 is 27.2 Å². The Morgan fingerprint density at radius 2 is 1.92 bits per heavy atom. The van der Waals surface area contributed by atoms with Crippen LogP contribution in [0.15, 0.2) is 24.3 Å². The third-order valence-electron chi connectivity index (χ3n) is 1.76. The predicted octanol–water partition coefficient (Wildman–Crippen LogP) is -1.22. The molecular weight excluding hydrogens is 188 g/mol. The van der Waals surface area contributed by atoms with E-state index in [1.54, 1.807) is 5.12 Å². The maximum Gasteiger partial charge on any atom is 0.0488 e. The summed E-state index contributed by atoms with van der Waals surface area (Å²) in [5.41, 5.74) is 5.42. The van der Waals surface area contributed by atoms with Crippen molar-refractivity contribution in [3.63, 3.8) is 0 Å². The number of hydrogen-bond acceptors (Lipinski definition) is 4. The Hall–Kier alpha value is -1.23. The average Bonchev–Trinajstić information content (AvgIpc) is 2.17. The van der Waals surface area contributed by atoms with Crippen LogP contribution in [-0.2, 0) is 0 Å². The lowest BCUT2D eigenvalue weighted by atomic mass is 10.2. The number of rotatable bonds is 1. The molecule has 0 unspecified atom stereocenters. The van der Waals surface area contributed by atoms with Crippen molar-refractivity contribution in [2.45, 2.75) is 0 Å². The van der Waals surface area contributed by atoms with E-state index in [2.05, 4.69) is 11.0 Å². The minimum absolute atomic E-state index is 0. The molecule has 1 aliphatic rings. The molecule has 1 heterocycles. The lowest BCUT2D eigenvalue weighted by molar-refractivity contribution is 0.261. The SMILES string of the molecule is Cl.NNN1C=c2ccccc2=CN1. The van der Waals surface area contributed by atoms with Crippen LogP contribution in [0, 0.1) is 0 Å². The summed E-state index contributed by atoms with van der Waals surface area (Å²) in [5.74, 6) is 5.22. The van der Waals surface area contributed by atoms with Crippen LogP contribution in [0.5, 0.6) is 0 Å². The molecule has 5 heteroatoms. The van der Waals surface area contributed by atoms with Crippen LogP contribution in [0.4, 0.5) is 0 Å². The Balaban J connectivity index is 0.000000845. The number of benzene rings is 1. The van der Waals surface area contributed by atoms with E-state index in [-0.39, 0.29) is 12.4 Å². The van der Waals surface area contributed by atoms with Crippen LogP contribution in [0.3, 0.4) is 0 Å². The minimum atomic E-state index is 0. The number of nitrogens with two attached hydrogens (primary N) is 1. The summed E-state index contributed by atoms with van der Waals surface area (Å²) >= 11 is 0. The second-order valence-electron chi connectivity index (χ2n) is 2.53. The van der Waals surface area contributed by atoms with E-state index in [1.807, 2.05) is 36.7 Å². The molecule has 1 aromatic rings. The molecule has 1 aliphatic heterocycles. The first-order valence-corrected chi connectivity index (χ1v) is 3.69. The van der Waals surface area contributed by atoms with Crippen molar-refractivity contribution in [1.29, 1.82) is 0 Å². The van der Waals surface area contributed by atoms with Crippen molar-refractivity contribution in [2.24, 2.45) is 5.84 Å². The van der Waals surface area contributed by atoms with Gasteiger partial charge in [0.25, 0.3) is 0 Å². The van der Waals surface area contributed by atoms with Gasteiger partial charge in [0.05, 0.1) is 0 Å². The van der Waals surface area contributed by atoms with E-state index >= 15 is 0 Å². The molecule has 13 heavy (non-hydrogen) atoms. The number of hydrazine groups is 3. The fraction of sp³-hybridized carbons (Fsp3) is 0. The highest BCUT2D eigenvalue weighted by atomic mass is 35.5. The topological polar surface area (TPSA) is 53.3 Å². The van der Waals surface area contributed by atoms with Crippen molar-refractivity contribution >= 4 is 24.8 Å². The van der Waals surface area contributed by atoms with Crippen molar-refractivity contribution in [2.75, 3.05) is 0 Å². The summed E-state index contributed by atoms with van der Waals surface area (Å²) in [7, 11) is 0. The maximum absolute atomic E-state index is 5.22. The Morgan fingerprint density at radius 3 is 2.62 bits per heavy atom. The molecule has 0 spiro atoms. The fourth-order valence-electron chi connectivity index (χ4n) is 1.15. The van der Waals surface area contributed by atoms with Crippen LogP contribution in [0.1, 0.15) is 0 Å². The van der Waals surface area contributed by atoms with Crippen molar-refractivity contribution in [3.8, 4) is 0 Å². The van der Waals surface area contributed by atoms with E-state index < -0.39 is 0 Å². The summed E-state index contributed by atoms with van der Waals surface area (Å²) in [6.45, 7) is 0. The lowest BCUT2D eigenvalue weighted by Crippen LogP contribution is -2.51. The summed E-state index contributed by atoms with van der Waals surface area (Å²) in [4.78, 5) is 0. The van der Waals surface area contributed by atoms with Crippen LogP contribution in [0.2, 0.25) is 0 Å². The Bertz CT molecular complexity index is 389. The smallest absolute Gasteiger partial charge is 0.0488 e. The molecule has 0 aliphatic carbocycles. The van der Waals surface area contributed by atoms with Gasteiger partial charge in [-0.1, -0.05) is 24.3 Å². The van der Waals surface area contributed by atoms with Crippen LogP contribution in [-0.4, -0.2) is 5.12 Å². The molecular formula is C8H11ClN4. The molecule has 0 amide bonds. The van der Waals surface area contributed by atoms with E-state index in [0.29, 0.717) is 0 Å². The van der Waals surface area contributed by atoms with Gasteiger partial charge in [0, 0.05) is 22.8 Å². The lowest BCUT2D eigenvalue weighted by Gasteiger charge is -2.20. The Kier molecular flexibility index (Phi) is 3.13. The van der Waals surface area contributed by atoms with Gasteiger partial charge in [-0.05, 0) is 0 Å². The van der Waals surface area contributed by atoms with Crippen molar-refractivity contribution in [1.82, 2.24) is 16.1 Å². The van der Waals surface area contributed by atoms with Gasteiger partial charge in [0.2, 0.25) is 0 Å². The molecule has 4 N–H and O–H groups in total. The zero-order valence-electron chi connectivity index (χ0n) is 6.90. The Labute approximate surface area is 82.0 Å². The molecule has 1 aromatic carbocycles. The highest BCUT2D eigenvalue weighted by molar-refractivity contribution is 5.85. The van der Waals surface area contributed by atoms with Gasteiger partial charge in [-0.3, -0.25) is 11.3 Å². The summed E-state index contributed by atoms with van der Waals surface area (Å²) in [5, 5.41) is 3.88. The summed E-state index contributed by atoms with van der Waals surface area (Å²) < 4.78 is 0. The summed E-state index contributed by atoms with van der Waals surface area (Å²) in [6.07, 6.45) is 3.77. The molecule has 0 aromatic heterocycles. The zero-order valence-corrected chi connectivity index (χ0v) is 7.71. The first kappa shape index (κ1) is 9.85. The zero-order chi connectivity index (χ0) is 8.39. The third-order valence-corrected chi connectivity index (χ3v) is 1.76. The van der Waals surface area contributed by atoms with Gasteiger partial charge >= 0.3 is 0 Å². The summed E-state index contributed by atoms with van der Waals surface area (Å²) in [6, 6.07) is 8.04. The molecule has 2 rings (SSSR count). The normalized spacial score (nSPS) is 12.8. The van der Waals surface area contributed by atoms with Crippen LogP contribution >= 0.6 is 12.4 Å².